The van der Waals surface area contributed by atoms with Gasteiger partial charge in [-0.15, -0.1) is 0 Å². The topological polar surface area (TPSA) is 109 Å². The molecule has 0 spiro atoms. The summed E-state index contributed by atoms with van der Waals surface area (Å²) in [4.78, 5) is 25.9. The summed E-state index contributed by atoms with van der Waals surface area (Å²) in [6.07, 6.45) is -0.339. The van der Waals surface area contributed by atoms with Gasteiger partial charge in [-0.2, -0.15) is 0 Å². The molecule has 0 amide bonds. The lowest BCUT2D eigenvalue weighted by atomic mass is 10.4. The van der Waals surface area contributed by atoms with E-state index < -0.39 is 10.9 Å². The monoisotopic (exact) mass is 185 g/mol. The Balaban J connectivity index is 2.95. The lowest BCUT2D eigenvalue weighted by Crippen LogP contribution is -2.01. The number of aromatic nitrogens is 2. The summed E-state index contributed by atoms with van der Waals surface area (Å²) >= 11 is 0. The number of aliphatic carboxylic acids is 1. The number of nitrogens with one attached hydrogen (secondary N) is 1. The number of H-pyrrole nitrogens is 1. The van der Waals surface area contributed by atoms with Gasteiger partial charge in [0.15, 0.2) is 0 Å². The Morgan fingerprint density at radius 3 is 2.77 bits per heavy atom. The molecule has 0 saturated heterocycles. The predicted octanol–water partition coefficient (Wildman–Crippen LogP) is 0.253. The molecule has 0 unspecified atom stereocenters. The van der Waals surface area contributed by atoms with E-state index in [1.54, 1.807) is 0 Å². The van der Waals surface area contributed by atoms with E-state index in [1.165, 1.54) is 6.92 Å². The van der Waals surface area contributed by atoms with Gasteiger partial charge in [-0.25, -0.2) is 9.97 Å². The van der Waals surface area contributed by atoms with Gasteiger partial charge in [-0.1, -0.05) is 0 Å². The molecule has 1 rings (SSSR count). The number of nitro groups is 1. The molecule has 0 saturated carbocycles. The van der Waals surface area contributed by atoms with Crippen molar-refractivity contribution in [2.45, 2.75) is 13.3 Å². The maximum Gasteiger partial charge on any atom is 0.343 e. The van der Waals surface area contributed by atoms with Crippen LogP contribution in [0.1, 0.15) is 11.5 Å². The van der Waals surface area contributed by atoms with Gasteiger partial charge in [0, 0.05) is 0 Å². The highest BCUT2D eigenvalue weighted by Crippen LogP contribution is 2.13. The average molecular weight is 185 g/mol. The van der Waals surface area contributed by atoms with Crippen LogP contribution in [-0.2, 0) is 11.2 Å². The minimum Gasteiger partial charge on any atom is -0.481 e. The van der Waals surface area contributed by atoms with Gasteiger partial charge >= 0.3 is 11.8 Å². The van der Waals surface area contributed by atoms with Crippen LogP contribution in [0, 0.1) is 17.0 Å². The van der Waals surface area contributed by atoms with Gasteiger partial charge in [-0.3, -0.25) is 4.79 Å². The second-order valence-electron chi connectivity index (χ2n) is 2.45. The third kappa shape index (κ3) is 2.01. The lowest BCUT2D eigenvalue weighted by molar-refractivity contribution is -0.389. The van der Waals surface area contributed by atoms with Crippen molar-refractivity contribution in [3.05, 3.63) is 21.6 Å². The molecule has 2 N–H and O–H groups in total. The minimum atomic E-state index is -1.08. The Morgan fingerprint density at radius 1 is 1.77 bits per heavy atom. The van der Waals surface area contributed by atoms with Crippen molar-refractivity contribution >= 4 is 11.8 Å². The first-order valence-electron chi connectivity index (χ1n) is 3.42. The summed E-state index contributed by atoms with van der Waals surface area (Å²) in [5.41, 5.74) is 0.196. The van der Waals surface area contributed by atoms with Crippen molar-refractivity contribution in [1.29, 1.82) is 0 Å². The van der Waals surface area contributed by atoms with E-state index in [0.717, 1.165) is 0 Å². The summed E-state index contributed by atoms with van der Waals surface area (Å²) in [6.45, 7) is 1.44. The Kier molecular flexibility index (Phi) is 2.27. The Bertz CT molecular complexity index is 357. The van der Waals surface area contributed by atoms with Crippen LogP contribution in [0.2, 0.25) is 0 Å². The second kappa shape index (κ2) is 3.21. The maximum absolute atomic E-state index is 10.3. The van der Waals surface area contributed by atoms with Crippen molar-refractivity contribution < 1.29 is 14.8 Å². The van der Waals surface area contributed by atoms with Gasteiger partial charge in [0.05, 0.1) is 0 Å². The number of carboxylic acids is 1. The zero-order valence-corrected chi connectivity index (χ0v) is 6.77. The van der Waals surface area contributed by atoms with E-state index in [1.807, 2.05) is 0 Å². The van der Waals surface area contributed by atoms with Crippen LogP contribution in [0.3, 0.4) is 0 Å². The second-order valence-corrected chi connectivity index (χ2v) is 2.45. The van der Waals surface area contributed by atoms with E-state index >= 15 is 0 Å². The molecule has 7 heteroatoms. The third-order valence-electron chi connectivity index (χ3n) is 1.41. The van der Waals surface area contributed by atoms with Crippen LogP contribution < -0.4 is 0 Å². The molecule has 1 aromatic rings. The summed E-state index contributed by atoms with van der Waals surface area (Å²) in [6, 6.07) is 0. The molecule has 1 aromatic heterocycles. The van der Waals surface area contributed by atoms with E-state index in [9.17, 15) is 14.9 Å². The number of imidazole rings is 1. The summed E-state index contributed by atoms with van der Waals surface area (Å²) in [7, 11) is 0. The van der Waals surface area contributed by atoms with Crippen LogP contribution in [0.15, 0.2) is 0 Å². The molecule has 0 aliphatic rings. The van der Waals surface area contributed by atoms with Gasteiger partial charge in [0.1, 0.15) is 12.1 Å². The van der Waals surface area contributed by atoms with E-state index in [-0.39, 0.29) is 23.8 Å². The first-order chi connectivity index (χ1) is 6.00. The number of aromatic amines is 1. The number of carboxylic acid groups (broad SMARTS) is 1. The standard InChI is InChI=1S/C6H7N3O4/c1-3-6(9(12)13)8-4(7-3)2-5(10)11/h2H2,1H3,(H,7,8)(H,10,11). The first kappa shape index (κ1) is 9.17. The van der Waals surface area contributed by atoms with Crippen molar-refractivity contribution in [3.63, 3.8) is 0 Å². The largest absolute Gasteiger partial charge is 0.481 e. The fourth-order valence-corrected chi connectivity index (χ4v) is 0.915. The van der Waals surface area contributed by atoms with Crippen LogP contribution in [0.5, 0.6) is 0 Å². The highest BCUT2D eigenvalue weighted by molar-refractivity contribution is 5.69. The molecule has 0 aliphatic carbocycles. The van der Waals surface area contributed by atoms with Crippen LogP contribution >= 0.6 is 0 Å². The Labute approximate surface area is 72.6 Å². The molecule has 0 radical (unpaired) electrons. The molecule has 70 valence electrons. The SMILES string of the molecule is Cc1nc(CC(=O)O)[nH]c1[N+](=O)[O-]. The van der Waals surface area contributed by atoms with Crippen LogP contribution in [-0.4, -0.2) is 26.0 Å². The number of hydrogen-bond acceptors (Lipinski definition) is 4. The van der Waals surface area contributed by atoms with Crippen molar-refractivity contribution in [1.82, 2.24) is 9.97 Å². The molecule has 1 heterocycles. The van der Waals surface area contributed by atoms with E-state index in [2.05, 4.69) is 9.97 Å². The van der Waals surface area contributed by atoms with Gasteiger partial charge < -0.3 is 15.2 Å². The smallest absolute Gasteiger partial charge is 0.343 e. The van der Waals surface area contributed by atoms with Gasteiger partial charge in [-0.05, 0) is 11.8 Å². The number of carbonyl (C=O) groups is 1. The molecule has 7 nitrogen and oxygen atoms in total. The van der Waals surface area contributed by atoms with Crippen LogP contribution in [0.4, 0.5) is 5.82 Å². The Hall–Kier alpha value is -1.92. The predicted molar refractivity (Wildman–Crippen MR) is 41.3 cm³/mol. The molecular weight excluding hydrogens is 178 g/mol. The molecule has 0 bridgehead atoms. The van der Waals surface area contributed by atoms with Crippen molar-refractivity contribution in [2.24, 2.45) is 0 Å². The van der Waals surface area contributed by atoms with Crippen LogP contribution in [0.25, 0.3) is 0 Å². The molecule has 0 aliphatic heterocycles. The van der Waals surface area contributed by atoms with Gasteiger partial charge in [0.2, 0.25) is 5.82 Å². The molecule has 0 aromatic carbocycles. The lowest BCUT2D eigenvalue weighted by Gasteiger charge is -1.88. The van der Waals surface area contributed by atoms with E-state index in [4.69, 9.17) is 5.11 Å². The molecular formula is C6H7N3O4. The van der Waals surface area contributed by atoms with Gasteiger partial charge in [0.25, 0.3) is 0 Å². The zero-order valence-electron chi connectivity index (χ0n) is 6.77. The average Bonchev–Trinajstić information content (AvgIpc) is 2.29. The molecule has 0 atom stereocenters. The highest BCUT2D eigenvalue weighted by atomic mass is 16.6. The first-order valence-corrected chi connectivity index (χ1v) is 3.42. The Morgan fingerprint density at radius 2 is 2.38 bits per heavy atom. The number of aryl methyl sites for hydroxylation is 1. The number of hydrogen-bond donors (Lipinski definition) is 2. The molecule has 0 fully saturated rings. The summed E-state index contributed by atoms with van der Waals surface area (Å²) in [5, 5.41) is 18.7. The van der Waals surface area contributed by atoms with E-state index in [0.29, 0.717) is 0 Å². The quantitative estimate of drug-likeness (QED) is 0.518. The van der Waals surface area contributed by atoms with Crippen molar-refractivity contribution in [3.8, 4) is 0 Å². The fourth-order valence-electron chi connectivity index (χ4n) is 0.915. The fraction of sp³-hybridized carbons (Fsp3) is 0.333. The minimum absolute atomic E-state index is 0.0942. The number of nitrogens with zero attached hydrogens (tertiary/aromatic N) is 2. The third-order valence-corrected chi connectivity index (χ3v) is 1.41. The van der Waals surface area contributed by atoms with Crippen molar-refractivity contribution in [2.75, 3.05) is 0 Å². The highest BCUT2D eigenvalue weighted by Gasteiger charge is 2.17. The zero-order chi connectivity index (χ0) is 10.0. The summed E-state index contributed by atoms with van der Waals surface area (Å²) in [5.74, 6) is -1.24. The molecule has 13 heavy (non-hydrogen) atoms. The normalized spacial score (nSPS) is 9.92. The maximum atomic E-state index is 10.3. The summed E-state index contributed by atoms with van der Waals surface area (Å²) < 4.78 is 0. The number of rotatable bonds is 3.